The van der Waals surface area contributed by atoms with Gasteiger partial charge in [0, 0.05) is 24.1 Å². The molecule has 6 nitrogen and oxygen atoms in total. The predicted octanol–water partition coefficient (Wildman–Crippen LogP) is 5.13. The molecular formula is C22H19N3O3S. The molecule has 29 heavy (non-hydrogen) atoms. The summed E-state index contributed by atoms with van der Waals surface area (Å²) in [4.78, 5) is 20.8. The minimum atomic E-state index is -0.219. The number of nitrogens with zero attached hydrogens (tertiary/aromatic N) is 2. The van der Waals surface area contributed by atoms with Crippen molar-refractivity contribution in [1.29, 1.82) is 0 Å². The highest BCUT2D eigenvalue weighted by molar-refractivity contribution is 7.09. The molecule has 2 aromatic heterocycles. The van der Waals surface area contributed by atoms with Crippen LogP contribution in [-0.4, -0.2) is 15.9 Å². The van der Waals surface area contributed by atoms with Crippen LogP contribution in [0.15, 0.2) is 58.3 Å². The molecule has 0 aliphatic rings. The maximum atomic E-state index is 12.2. The topological polar surface area (TPSA) is 77.2 Å². The molecule has 4 aromatic rings. The Morgan fingerprint density at radius 1 is 1.17 bits per heavy atom. The maximum Gasteiger partial charge on any atom is 0.248 e. The van der Waals surface area contributed by atoms with E-state index in [0.717, 1.165) is 22.0 Å². The van der Waals surface area contributed by atoms with E-state index in [4.69, 9.17) is 9.15 Å². The highest BCUT2D eigenvalue weighted by Crippen LogP contribution is 2.20. The van der Waals surface area contributed by atoms with E-state index >= 15 is 0 Å². The van der Waals surface area contributed by atoms with E-state index in [1.807, 2.05) is 36.6 Å². The lowest BCUT2D eigenvalue weighted by Gasteiger charge is -2.04. The summed E-state index contributed by atoms with van der Waals surface area (Å²) in [6.07, 6.45) is 3.24. The first-order valence-corrected chi connectivity index (χ1v) is 9.93. The zero-order valence-electron chi connectivity index (χ0n) is 16.0. The van der Waals surface area contributed by atoms with Crippen molar-refractivity contribution >= 4 is 40.1 Å². The normalized spacial score (nSPS) is 11.2. The molecule has 2 heterocycles. The number of hydrogen-bond donors (Lipinski definition) is 1. The second-order valence-electron chi connectivity index (χ2n) is 6.45. The lowest BCUT2D eigenvalue weighted by Crippen LogP contribution is -2.07. The fourth-order valence-electron chi connectivity index (χ4n) is 2.78. The van der Waals surface area contributed by atoms with Crippen LogP contribution in [0.25, 0.3) is 17.2 Å². The van der Waals surface area contributed by atoms with Crippen LogP contribution in [0.5, 0.6) is 5.75 Å². The zero-order chi connectivity index (χ0) is 20.2. The first kappa shape index (κ1) is 18.9. The molecule has 0 radical (unpaired) electrons. The van der Waals surface area contributed by atoms with Crippen molar-refractivity contribution in [2.24, 2.45) is 0 Å². The molecule has 0 aliphatic heterocycles. The summed E-state index contributed by atoms with van der Waals surface area (Å²) in [6.45, 7) is 4.20. The lowest BCUT2D eigenvalue weighted by molar-refractivity contribution is -0.111. The van der Waals surface area contributed by atoms with Crippen molar-refractivity contribution in [3.8, 4) is 5.75 Å². The summed E-state index contributed by atoms with van der Waals surface area (Å²) < 4.78 is 11.2. The number of ether oxygens (including phenoxy) is 1. The average Bonchev–Trinajstić information content (AvgIpc) is 3.29. The van der Waals surface area contributed by atoms with Gasteiger partial charge < -0.3 is 14.5 Å². The van der Waals surface area contributed by atoms with Gasteiger partial charge in [0.1, 0.15) is 17.9 Å². The molecule has 146 valence electrons. The highest BCUT2D eigenvalue weighted by Gasteiger charge is 2.05. The number of benzene rings is 2. The number of carbonyl (C=O) groups excluding carboxylic acids is 1. The number of anilines is 1. The largest absolute Gasteiger partial charge is 0.487 e. The summed E-state index contributed by atoms with van der Waals surface area (Å²) in [7, 11) is 0. The van der Waals surface area contributed by atoms with Gasteiger partial charge >= 0.3 is 0 Å². The maximum absolute atomic E-state index is 12.2. The number of nitrogens with one attached hydrogen (secondary N) is 1. The molecule has 0 atom stereocenters. The molecule has 0 saturated heterocycles. The molecule has 0 unspecified atom stereocenters. The van der Waals surface area contributed by atoms with E-state index in [9.17, 15) is 4.79 Å². The molecular weight excluding hydrogens is 386 g/mol. The second kappa shape index (κ2) is 8.28. The molecule has 0 fully saturated rings. The summed E-state index contributed by atoms with van der Waals surface area (Å²) >= 11 is 1.61. The smallest absolute Gasteiger partial charge is 0.248 e. The number of thiazole rings is 1. The van der Waals surface area contributed by atoms with Crippen molar-refractivity contribution in [3.63, 3.8) is 0 Å². The Morgan fingerprint density at radius 2 is 2.00 bits per heavy atom. The van der Waals surface area contributed by atoms with Crippen molar-refractivity contribution < 1.29 is 13.9 Å². The Morgan fingerprint density at radius 3 is 2.76 bits per heavy atom. The predicted molar refractivity (Wildman–Crippen MR) is 114 cm³/mol. The van der Waals surface area contributed by atoms with E-state index < -0.39 is 0 Å². The van der Waals surface area contributed by atoms with Crippen LogP contribution in [0, 0.1) is 13.8 Å². The van der Waals surface area contributed by atoms with Crippen LogP contribution in [0.3, 0.4) is 0 Å². The van der Waals surface area contributed by atoms with Gasteiger partial charge in [-0.15, -0.1) is 11.3 Å². The third kappa shape index (κ3) is 4.89. The van der Waals surface area contributed by atoms with Crippen LogP contribution in [0.1, 0.15) is 22.2 Å². The van der Waals surface area contributed by atoms with E-state index in [1.54, 1.807) is 42.5 Å². The molecule has 0 bridgehead atoms. The zero-order valence-corrected chi connectivity index (χ0v) is 16.8. The minimum Gasteiger partial charge on any atom is -0.487 e. The fraction of sp³-hybridized carbons (Fsp3) is 0.136. The van der Waals surface area contributed by atoms with Crippen molar-refractivity contribution in [2.75, 3.05) is 5.32 Å². The van der Waals surface area contributed by atoms with Crippen molar-refractivity contribution in [1.82, 2.24) is 9.97 Å². The average molecular weight is 405 g/mol. The SMILES string of the molecule is Cc1nc2cc(NC(=O)/C=C/c3ccc(OCc4csc(C)n4)cc3)ccc2o1. The van der Waals surface area contributed by atoms with E-state index in [-0.39, 0.29) is 5.91 Å². The van der Waals surface area contributed by atoms with Gasteiger partial charge in [-0.2, -0.15) is 0 Å². The Hall–Kier alpha value is -3.45. The number of amides is 1. The third-order valence-corrected chi connectivity index (χ3v) is 4.94. The Balaban J connectivity index is 1.33. The van der Waals surface area contributed by atoms with Gasteiger partial charge in [-0.05, 0) is 48.9 Å². The minimum absolute atomic E-state index is 0.219. The number of fused-ring (bicyclic) bond motifs is 1. The Kier molecular flexibility index (Phi) is 5.39. The molecule has 0 spiro atoms. The van der Waals surface area contributed by atoms with Gasteiger partial charge in [0.25, 0.3) is 0 Å². The number of rotatable bonds is 6. The molecule has 2 aromatic carbocycles. The summed E-state index contributed by atoms with van der Waals surface area (Å²) in [5.41, 5.74) is 3.91. The molecule has 1 amide bonds. The van der Waals surface area contributed by atoms with Crippen molar-refractivity contribution in [3.05, 3.63) is 76.1 Å². The number of hydrogen-bond acceptors (Lipinski definition) is 6. The monoisotopic (exact) mass is 405 g/mol. The first-order valence-electron chi connectivity index (χ1n) is 9.05. The number of aryl methyl sites for hydroxylation is 2. The van der Waals surface area contributed by atoms with Gasteiger partial charge in [0.2, 0.25) is 5.91 Å². The van der Waals surface area contributed by atoms with E-state index in [1.165, 1.54) is 6.08 Å². The van der Waals surface area contributed by atoms with Crippen LogP contribution in [-0.2, 0) is 11.4 Å². The van der Waals surface area contributed by atoms with Crippen molar-refractivity contribution in [2.45, 2.75) is 20.5 Å². The Bertz CT molecular complexity index is 1180. The number of oxazole rings is 1. The number of carbonyl (C=O) groups is 1. The lowest BCUT2D eigenvalue weighted by atomic mass is 10.2. The van der Waals surface area contributed by atoms with Crippen LogP contribution < -0.4 is 10.1 Å². The van der Waals surface area contributed by atoms with E-state index in [0.29, 0.717) is 29.3 Å². The fourth-order valence-corrected chi connectivity index (χ4v) is 3.38. The Labute approximate surface area is 171 Å². The van der Waals surface area contributed by atoms with Gasteiger partial charge in [0.15, 0.2) is 11.5 Å². The quantitative estimate of drug-likeness (QED) is 0.450. The second-order valence-corrected chi connectivity index (χ2v) is 7.52. The number of aromatic nitrogens is 2. The molecule has 4 rings (SSSR count). The van der Waals surface area contributed by atoms with Gasteiger partial charge in [-0.1, -0.05) is 12.1 Å². The molecule has 0 aliphatic carbocycles. The summed E-state index contributed by atoms with van der Waals surface area (Å²) in [5, 5.41) is 5.85. The van der Waals surface area contributed by atoms with E-state index in [2.05, 4.69) is 15.3 Å². The van der Waals surface area contributed by atoms with Gasteiger partial charge in [0.05, 0.1) is 10.7 Å². The first-order chi connectivity index (χ1) is 14.0. The summed E-state index contributed by atoms with van der Waals surface area (Å²) in [6, 6.07) is 12.9. The third-order valence-electron chi connectivity index (χ3n) is 4.12. The molecule has 1 N–H and O–H groups in total. The van der Waals surface area contributed by atoms with Crippen LogP contribution in [0.2, 0.25) is 0 Å². The van der Waals surface area contributed by atoms with Crippen LogP contribution in [0.4, 0.5) is 5.69 Å². The molecule has 7 heteroatoms. The highest BCUT2D eigenvalue weighted by atomic mass is 32.1. The standard InChI is InChI=1S/C22H19N3O3S/c1-14-23-20-11-17(6-9-21(20)28-14)25-22(26)10-5-16-3-7-19(8-4-16)27-12-18-13-29-15(2)24-18/h3-11,13H,12H2,1-2H3,(H,25,26)/b10-5+. The molecule has 0 saturated carbocycles. The van der Waals surface area contributed by atoms with Crippen LogP contribution >= 0.6 is 11.3 Å². The summed E-state index contributed by atoms with van der Waals surface area (Å²) in [5.74, 6) is 1.13. The van der Waals surface area contributed by atoms with Gasteiger partial charge in [-0.3, -0.25) is 4.79 Å². The van der Waals surface area contributed by atoms with Gasteiger partial charge in [-0.25, -0.2) is 9.97 Å².